The number of aliphatic hydroxyl groups excluding tert-OH is 1. The number of hydrogen-bond acceptors (Lipinski definition) is 3. The number of ether oxygens (including phenoxy) is 2. The first-order valence-electron chi connectivity index (χ1n) is 3.13. The lowest BCUT2D eigenvalue weighted by Gasteiger charge is -2.36. The molecule has 3 heteroatoms. The highest BCUT2D eigenvalue weighted by Gasteiger charge is 2.37. The van der Waals surface area contributed by atoms with E-state index in [1.165, 1.54) is 0 Å². The largest absolute Gasteiger partial charge is 0.394 e. The third-order valence-electron chi connectivity index (χ3n) is 1.40. The minimum absolute atomic E-state index is 0.00340. The van der Waals surface area contributed by atoms with Crippen LogP contribution >= 0.6 is 0 Å². The van der Waals surface area contributed by atoms with E-state index in [2.05, 4.69) is 5.92 Å². The van der Waals surface area contributed by atoms with Crippen LogP contribution in [0.5, 0.6) is 0 Å². The fraction of sp³-hybridized carbons (Fsp3) is 0.714. The summed E-state index contributed by atoms with van der Waals surface area (Å²) in [6, 6.07) is 0. The van der Waals surface area contributed by atoms with E-state index < -0.39 is 5.60 Å². The van der Waals surface area contributed by atoms with E-state index >= 15 is 0 Å². The lowest BCUT2D eigenvalue weighted by atomic mass is 10.0. The molecule has 0 aromatic rings. The molecule has 0 saturated carbocycles. The van der Waals surface area contributed by atoms with Gasteiger partial charge in [-0.05, 0) is 0 Å². The van der Waals surface area contributed by atoms with E-state index in [1.54, 1.807) is 0 Å². The first kappa shape index (κ1) is 7.55. The Kier molecular flexibility index (Phi) is 2.28. The molecular weight excluding hydrogens is 132 g/mol. The highest BCUT2D eigenvalue weighted by molar-refractivity contribution is 5.12. The van der Waals surface area contributed by atoms with Crippen molar-refractivity contribution < 1.29 is 14.6 Å². The summed E-state index contributed by atoms with van der Waals surface area (Å²) in [5.41, 5.74) is -0.539. The SMILES string of the molecule is C#CC1(OCCO)COC1. The minimum atomic E-state index is -0.539. The van der Waals surface area contributed by atoms with Crippen LogP contribution in [0.2, 0.25) is 0 Å². The monoisotopic (exact) mass is 142 g/mol. The summed E-state index contributed by atoms with van der Waals surface area (Å²) in [5.74, 6) is 2.49. The van der Waals surface area contributed by atoms with Gasteiger partial charge in [0.1, 0.15) is 0 Å². The summed E-state index contributed by atoms with van der Waals surface area (Å²) >= 11 is 0. The second-order valence-electron chi connectivity index (χ2n) is 2.20. The Morgan fingerprint density at radius 2 is 2.40 bits per heavy atom. The maximum Gasteiger partial charge on any atom is 0.174 e. The molecular formula is C7H10O3. The van der Waals surface area contributed by atoms with Crippen molar-refractivity contribution in [2.24, 2.45) is 0 Å². The van der Waals surface area contributed by atoms with Crippen LogP contribution in [0.4, 0.5) is 0 Å². The number of hydrogen-bond donors (Lipinski definition) is 1. The van der Waals surface area contributed by atoms with Gasteiger partial charge in [0.15, 0.2) is 5.60 Å². The second-order valence-corrected chi connectivity index (χ2v) is 2.20. The Morgan fingerprint density at radius 1 is 1.70 bits per heavy atom. The summed E-state index contributed by atoms with van der Waals surface area (Å²) in [7, 11) is 0. The normalized spacial score (nSPS) is 21.2. The summed E-state index contributed by atoms with van der Waals surface area (Å²) in [6.45, 7) is 1.18. The molecule has 1 fully saturated rings. The van der Waals surface area contributed by atoms with Gasteiger partial charge in [0.25, 0.3) is 0 Å². The van der Waals surface area contributed by atoms with Crippen LogP contribution in [0, 0.1) is 12.3 Å². The van der Waals surface area contributed by atoms with Gasteiger partial charge in [-0.1, -0.05) is 5.92 Å². The molecule has 3 nitrogen and oxygen atoms in total. The van der Waals surface area contributed by atoms with E-state index in [0.29, 0.717) is 13.2 Å². The molecule has 1 rings (SSSR count). The minimum Gasteiger partial charge on any atom is -0.394 e. The summed E-state index contributed by atoms with van der Waals surface area (Å²) in [6.07, 6.45) is 5.17. The maximum absolute atomic E-state index is 8.41. The van der Waals surface area contributed by atoms with Crippen LogP contribution in [0.25, 0.3) is 0 Å². The van der Waals surface area contributed by atoms with Gasteiger partial charge in [-0.25, -0.2) is 0 Å². The number of aliphatic hydroxyl groups is 1. The van der Waals surface area contributed by atoms with Crippen LogP contribution < -0.4 is 0 Å². The zero-order valence-electron chi connectivity index (χ0n) is 5.67. The predicted molar refractivity (Wildman–Crippen MR) is 35.4 cm³/mol. The van der Waals surface area contributed by atoms with Gasteiger partial charge in [0, 0.05) is 0 Å². The standard InChI is InChI=1S/C7H10O3/c1-2-7(5-9-6-7)10-4-3-8/h1,8H,3-6H2. The van der Waals surface area contributed by atoms with E-state index in [-0.39, 0.29) is 13.2 Å². The fourth-order valence-corrected chi connectivity index (χ4v) is 0.737. The van der Waals surface area contributed by atoms with E-state index in [4.69, 9.17) is 21.0 Å². The van der Waals surface area contributed by atoms with Gasteiger partial charge >= 0.3 is 0 Å². The molecule has 1 aliphatic rings. The number of terminal acetylenes is 1. The van der Waals surface area contributed by atoms with Gasteiger partial charge in [-0.15, -0.1) is 6.42 Å². The fourth-order valence-electron chi connectivity index (χ4n) is 0.737. The molecule has 1 N–H and O–H groups in total. The Morgan fingerprint density at radius 3 is 2.70 bits per heavy atom. The summed E-state index contributed by atoms with van der Waals surface area (Å²) < 4.78 is 10.0. The zero-order chi connectivity index (χ0) is 7.45. The van der Waals surface area contributed by atoms with Crippen molar-refractivity contribution in [3.8, 4) is 12.3 Å². The van der Waals surface area contributed by atoms with Crippen molar-refractivity contribution in [2.45, 2.75) is 5.60 Å². The predicted octanol–water partition coefficient (Wildman–Crippen LogP) is -0.603. The summed E-state index contributed by atoms with van der Waals surface area (Å²) in [5, 5.41) is 8.41. The molecule has 56 valence electrons. The molecule has 0 unspecified atom stereocenters. The number of rotatable bonds is 3. The molecule has 0 spiro atoms. The molecule has 0 amide bonds. The average Bonchev–Trinajstić information content (AvgIpc) is 1.87. The van der Waals surface area contributed by atoms with Gasteiger partial charge in [-0.3, -0.25) is 0 Å². The molecule has 0 atom stereocenters. The van der Waals surface area contributed by atoms with Crippen molar-refractivity contribution >= 4 is 0 Å². The molecule has 0 bridgehead atoms. The Hall–Kier alpha value is -0.560. The Balaban J connectivity index is 2.29. The maximum atomic E-state index is 8.41. The van der Waals surface area contributed by atoms with Crippen LogP contribution in [0.15, 0.2) is 0 Å². The third kappa shape index (κ3) is 1.29. The second kappa shape index (κ2) is 3.02. The quantitative estimate of drug-likeness (QED) is 0.535. The first-order valence-corrected chi connectivity index (χ1v) is 3.13. The van der Waals surface area contributed by atoms with Crippen molar-refractivity contribution in [3.63, 3.8) is 0 Å². The van der Waals surface area contributed by atoms with E-state index in [0.717, 1.165) is 0 Å². The van der Waals surface area contributed by atoms with Crippen LogP contribution in [0.1, 0.15) is 0 Å². The first-order chi connectivity index (χ1) is 4.83. The van der Waals surface area contributed by atoms with E-state index in [9.17, 15) is 0 Å². The van der Waals surface area contributed by atoms with Gasteiger partial charge in [0.05, 0.1) is 26.4 Å². The summed E-state index contributed by atoms with van der Waals surface area (Å²) in [4.78, 5) is 0. The van der Waals surface area contributed by atoms with Crippen LogP contribution in [-0.4, -0.2) is 37.1 Å². The Bertz CT molecular complexity index is 143. The lowest BCUT2D eigenvalue weighted by Crippen LogP contribution is -2.51. The molecule has 0 aromatic carbocycles. The smallest absolute Gasteiger partial charge is 0.174 e. The van der Waals surface area contributed by atoms with Crippen LogP contribution in [-0.2, 0) is 9.47 Å². The molecule has 1 heterocycles. The third-order valence-corrected chi connectivity index (χ3v) is 1.40. The molecule has 1 aliphatic heterocycles. The topological polar surface area (TPSA) is 38.7 Å². The van der Waals surface area contributed by atoms with Crippen molar-refractivity contribution in [1.29, 1.82) is 0 Å². The van der Waals surface area contributed by atoms with Crippen molar-refractivity contribution in [3.05, 3.63) is 0 Å². The molecule has 1 saturated heterocycles. The highest BCUT2D eigenvalue weighted by Crippen LogP contribution is 2.19. The molecule has 10 heavy (non-hydrogen) atoms. The molecule has 0 aliphatic carbocycles. The van der Waals surface area contributed by atoms with Crippen molar-refractivity contribution in [2.75, 3.05) is 26.4 Å². The lowest BCUT2D eigenvalue weighted by molar-refractivity contribution is -0.178. The molecule has 0 aromatic heterocycles. The average molecular weight is 142 g/mol. The van der Waals surface area contributed by atoms with Crippen molar-refractivity contribution in [1.82, 2.24) is 0 Å². The van der Waals surface area contributed by atoms with Gasteiger partial charge < -0.3 is 14.6 Å². The zero-order valence-corrected chi connectivity index (χ0v) is 5.67. The molecule has 0 radical (unpaired) electrons. The van der Waals surface area contributed by atoms with Crippen LogP contribution in [0.3, 0.4) is 0 Å². The Labute approximate surface area is 59.9 Å². The van der Waals surface area contributed by atoms with Gasteiger partial charge in [0.2, 0.25) is 0 Å². The van der Waals surface area contributed by atoms with Gasteiger partial charge in [-0.2, -0.15) is 0 Å². The van der Waals surface area contributed by atoms with E-state index in [1.807, 2.05) is 0 Å². The highest BCUT2D eigenvalue weighted by atomic mass is 16.6.